The molecule has 4 nitrogen and oxygen atoms in total. The second kappa shape index (κ2) is 7.26. The lowest BCUT2D eigenvalue weighted by molar-refractivity contribution is 0.386. The Kier molecular flexibility index (Phi) is 5.36. The van der Waals surface area contributed by atoms with Gasteiger partial charge in [0.15, 0.2) is 11.6 Å². The number of rotatable bonds is 4. The van der Waals surface area contributed by atoms with Crippen LogP contribution in [0.25, 0.3) is 16.9 Å². The Labute approximate surface area is 140 Å². The van der Waals surface area contributed by atoms with Crippen molar-refractivity contribution in [1.29, 1.82) is 0 Å². The molecule has 23 heavy (non-hydrogen) atoms. The molecular formula is C17H17ClFN3O. The number of methoxy groups -OCH3 is 1. The van der Waals surface area contributed by atoms with E-state index in [9.17, 15) is 4.39 Å². The Balaban J connectivity index is 0.00000192. The molecule has 0 amide bonds. The summed E-state index contributed by atoms with van der Waals surface area (Å²) in [5.74, 6) is -0.210. The minimum absolute atomic E-state index is 0. The van der Waals surface area contributed by atoms with Crippen molar-refractivity contribution in [2.45, 2.75) is 6.54 Å². The molecule has 6 heteroatoms. The average Bonchev–Trinajstić information content (AvgIpc) is 3.00. The lowest BCUT2D eigenvalue weighted by atomic mass is 10.1. The van der Waals surface area contributed by atoms with Crippen molar-refractivity contribution in [3.63, 3.8) is 0 Å². The van der Waals surface area contributed by atoms with Gasteiger partial charge in [0.1, 0.15) is 0 Å². The molecule has 0 saturated carbocycles. The van der Waals surface area contributed by atoms with E-state index in [0.717, 1.165) is 11.3 Å². The topological polar surface area (TPSA) is 53.1 Å². The van der Waals surface area contributed by atoms with Gasteiger partial charge in [0, 0.05) is 23.9 Å². The molecule has 0 aliphatic carbocycles. The van der Waals surface area contributed by atoms with Crippen LogP contribution in [-0.2, 0) is 6.54 Å². The lowest BCUT2D eigenvalue weighted by Gasteiger charge is -2.04. The van der Waals surface area contributed by atoms with Crippen LogP contribution in [0.3, 0.4) is 0 Å². The highest BCUT2D eigenvalue weighted by Crippen LogP contribution is 2.27. The summed E-state index contributed by atoms with van der Waals surface area (Å²) in [5, 5.41) is 4.55. The highest BCUT2D eigenvalue weighted by molar-refractivity contribution is 5.85. The fourth-order valence-electron chi connectivity index (χ4n) is 2.33. The number of aromatic nitrogens is 2. The van der Waals surface area contributed by atoms with E-state index in [4.69, 9.17) is 10.5 Å². The van der Waals surface area contributed by atoms with Crippen molar-refractivity contribution in [3.05, 3.63) is 66.1 Å². The van der Waals surface area contributed by atoms with Crippen molar-refractivity contribution in [1.82, 2.24) is 9.78 Å². The summed E-state index contributed by atoms with van der Waals surface area (Å²) >= 11 is 0. The summed E-state index contributed by atoms with van der Waals surface area (Å²) < 4.78 is 20.6. The first kappa shape index (κ1) is 17.0. The average molecular weight is 334 g/mol. The smallest absolute Gasteiger partial charge is 0.165 e. The van der Waals surface area contributed by atoms with Crippen LogP contribution in [0.15, 0.2) is 54.7 Å². The normalized spacial score (nSPS) is 10.2. The van der Waals surface area contributed by atoms with Crippen LogP contribution < -0.4 is 10.5 Å². The molecule has 0 fully saturated rings. The van der Waals surface area contributed by atoms with Gasteiger partial charge in [-0.05, 0) is 30.3 Å². The lowest BCUT2D eigenvalue weighted by Crippen LogP contribution is -1.97. The first-order valence-corrected chi connectivity index (χ1v) is 6.91. The Morgan fingerprint density at radius 2 is 1.91 bits per heavy atom. The molecule has 3 aromatic rings. The molecule has 0 unspecified atom stereocenters. The molecule has 0 spiro atoms. The number of para-hydroxylation sites is 1. The molecule has 0 atom stereocenters. The van der Waals surface area contributed by atoms with Crippen molar-refractivity contribution in [2.75, 3.05) is 7.11 Å². The second-order valence-electron chi connectivity index (χ2n) is 4.84. The Morgan fingerprint density at radius 1 is 1.17 bits per heavy atom. The largest absolute Gasteiger partial charge is 0.494 e. The van der Waals surface area contributed by atoms with Gasteiger partial charge in [-0.3, -0.25) is 0 Å². The van der Waals surface area contributed by atoms with Crippen molar-refractivity contribution < 1.29 is 9.13 Å². The molecule has 1 heterocycles. The van der Waals surface area contributed by atoms with E-state index >= 15 is 0 Å². The summed E-state index contributed by atoms with van der Waals surface area (Å²) in [6, 6.07) is 14.5. The zero-order valence-electron chi connectivity index (χ0n) is 12.6. The molecular weight excluding hydrogens is 317 g/mol. The van der Waals surface area contributed by atoms with E-state index < -0.39 is 5.82 Å². The summed E-state index contributed by atoms with van der Waals surface area (Å²) in [4.78, 5) is 0. The fourth-order valence-corrected chi connectivity index (χ4v) is 2.33. The first-order valence-electron chi connectivity index (χ1n) is 6.91. The number of hydrogen-bond acceptors (Lipinski definition) is 3. The maximum atomic E-state index is 13.9. The van der Waals surface area contributed by atoms with Crippen LogP contribution in [0.4, 0.5) is 4.39 Å². The highest BCUT2D eigenvalue weighted by atomic mass is 35.5. The van der Waals surface area contributed by atoms with Gasteiger partial charge in [-0.1, -0.05) is 18.2 Å². The molecule has 0 aliphatic rings. The van der Waals surface area contributed by atoms with Crippen molar-refractivity contribution in [3.8, 4) is 22.7 Å². The van der Waals surface area contributed by atoms with Gasteiger partial charge in [-0.2, -0.15) is 5.10 Å². The third-order valence-electron chi connectivity index (χ3n) is 3.46. The zero-order valence-corrected chi connectivity index (χ0v) is 13.4. The zero-order chi connectivity index (χ0) is 15.5. The standard InChI is InChI=1S/C17H16FN3O.ClH/c1-22-16-8-7-12(9-15(16)18)17-13(10-19)11-21(20-17)14-5-3-2-4-6-14;/h2-9,11H,10,19H2,1H3;1H. The minimum Gasteiger partial charge on any atom is -0.494 e. The van der Waals surface area contributed by atoms with Gasteiger partial charge in [0.05, 0.1) is 18.5 Å². The SMILES string of the molecule is COc1ccc(-c2nn(-c3ccccc3)cc2CN)cc1F.Cl. The van der Waals surface area contributed by atoms with E-state index in [1.165, 1.54) is 13.2 Å². The second-order valence-corrected chi connectivity index (χ2v) is 4.84. The number of hydrogen-bond donors (Lipinski definition) is 1. The molecule has 2 aromatic carbocycles. The third kappa shape index (κ3) is 3.36. The Bertz CT molecular complexity index is 790. The minimum atomic E-state index is -0.419. The quantitative estimate of drug-likeness (QED) is 0.794. The van der Waals surface area contributed by atoms with Crippen LogP contribution in [0.2, 0.25) is 0 Å². The van der Waals surface area contributed by atoms with E-state index in [2.05, 4.69) is 5.10 Å². The monoisotopic (exact) mass is 333 g/mol. The molecule has 0 aliphatic heterocycles. The predicted octanol–water partition coefficient (Wildman–Crippen LogP) is 3.57. The summed E-state index contributed by atoms with van der Waals surface area (Å²) in [6.45, 7) is 0.329. The van der Waals surface area contributed by atoms with E-state index in [1.807, 2.05) is 36.5 Å². The predicted molar refractivity (Wildman–Crippen MR) is 90.6 cm³/mol. The van der Waals surface area contributed by atoms with Crippen LogP contribution >= 0.6 is 12.4 Å². The van der Waals surface area contributed by atoms with E-state index in [-0.39, 0.29) is 18.2 Å². The molecule has 0 radical (unpaired) electrons. The van der Waals surface area contributed by atoms with E-state index in [0.29, 0.717) is 17.8 Å². The third-order valence-corrected chi connectivity index (χ3v) is 3.46. The summed E-state index contributed by atoms with van der Waals surface area (Å²) in [5.41, 5.74) is 8.93. The summed E-state index contributed by atoms with van der Waals surface area (Å²) in [7, 11) is 1.44. The van der Waals surface area contributed by atoms with Crippen molar-refractivity contribution >= 4 is 12.4 Å². The molecule has 2 N–H and O–H groups in total. The molecule has 120 valence electrons. The Morgan fingerprint density at radius 3 is 2.52 bits per heavy atom. The summed E-state index contributed by atoms with van der Waals surface area (Å²) in [6.07, 6.45) is 1.87. The van der Waals surface area contributed by atoms with Gasteiger partial charge in [-0.15, -0.1) is 12.4 Å². The maximum absolute atomic E-state index is 13.9. The number of halogens is 2. The van der Waals surface area contributed by atoms with Crippen LogP contribution in [0.1, 0.15) is 5.56 Å². The maximum Gasteiger partial charge on any atom is 0.165 e. The molecule has 0 bridgehead atoms. The number of nitrogens with two attached hydrogens (primary N) is 1. The number of benzene rings is 2. The highest BCUT2D eigenvalue weighted by Gasteiger charge is 2.13. The van der Waals surface area contributed by atoms with Gasteiger partial charge >= 0.3 is 0 Å². The van der Waals surface area contributed by atoms with Gasteiger partial charge < -0.3 is 10.5 Å². The number of nitrogens with zero attached hydrogens (tertiary/aromatic N) is 2. The van der Waals surface area contributed by atoms with Gasteiger partial charge in [0.25, 0.3) is 0 Å². The Hall–Kier alpha value is -2.37. The molecule has 1 aromatic heterocycles. The van der Waals surface area contributed by atoms with E-state index in [1.54, 1.807) is 16.8 Å². The van der Waals surface area contributed by atoms with Crippen molar-refractivity contribution in [2.24, 2.45) is 5.73 Å². The number of ether oxygens (including phenoxy) is 1. The van der Waals surface area contributed by atoms with Gasteiger partial charge in [-0.25, -0.2) is 9.07 Å². The van der Waals surface area contributed by atoms with Crippen LogP contribution in [-0.4, -0.2) is 16.9 Å². The molecule has 0 saturated heterocycles. The van der Waals surface area contributed by atoms with Crippen LogP contribution in [0.5, 0.6) is 5.75 Å². The fraction of sp³-hybridized carbons (Fsp3) is 0.118. The van der Waals surface area contributed by atoms with Gasteiger partial charge in [0.2, 0.25) is 0 Å². The first-order chi connectivity index (χ1) is 10.7. The van der Waals surface area contributed by atoms with Crippen LogP contribution in [0, 0.1) is 5.82 Å². The molecule has 3 rings (SSSR count).